The standard InChI is InChI=1S/C19H20N4O2/c1-13(2)21-19(24)17-9-11-20-23(17)12-10-16-14(3)25-22-18(16)15-7-5-4-6-8-15/h4-13H,1-3H3,(H,21,24). The molecule has 0 radical (unpaired) electrons. The van der Waals surface area contributed by atoms with Crippen LogP contribution in [0.2, 0.25) is 0 Å². The number of benzene rings is 1. The molecule has 3 aromatic rings. The average molecular weight is 336 g/mol. The molecule has 1 aromatic carbocycles. The van der Waals surface area contributed by atoms with E-state index >= 15 is 0 Å². The zero-order chi connectivity index (χ0) is 17.8. The highest BCUT2D eigenvalue weighted by molar-refractivity contribution is 5.93. The first kappa shape index (κ1) is 16.7. The van der Waals surface area contributed by atoms with Crippen LogP contribution in [0.5, 0.6) is 0 Å². The van der Waals surface area contributed by atoms with Crippen LogP contribution >= 0.6 is 0 Å². The van der Waals surface area contributed by atoms with Gasteiger partial charge in [-0.1, -0.05) is 35.5 Å². The van der Waals surface area contributed by atoms with Gasteiger partial charge in [-0.3, -0.25) is 4.79 Å². The highest BCUT2D eigenvalue weighted by atomic mass is 16.5. The third-order valence-electron chi connectivity index (χ3n) is 3.66. The van der Waals surface area contributed by atoms with Crippen LogP contribution < -0.4 is 5.32 Å². The molecule has 2 heterocycles. The van der Waals surface area contributed by atoms with Crippen LogP contribution in [0, 0.1) is 6.92 Å². The summed E-state index contributed by atoms with van der Waals surface area (Å²) in [7, 11) is 0. The maximum atomic E-state index is 12.2. The van der Waals surface area contributed by atoms with Crippen molar-refractivity contribution in [3.8, 4) is 11.3 Å². The lowest BCUT2D eigenvalue weighted by atomic mass is 10.1. The van der Waals surface area contributed by atoms with E-state index < -0.39 is 0 Å². The Bertz CT molecular complexity index is 891. The summed E-state index contributed by atoms with van der Waals surface area (Å²) in [6, 6.07) is 11.6. The average Bonchev–Trinajstić information content (AvgIpc) is 3.19. The second-order valence-electron chi connectivity index (χ2n) is 5.97. The van der Waals surface area contributed by atoms with Gasteiger partial charge in [0.15, 0.2) is 0 Å². The molecule has 0 saturated heterocycles. The van der Waals surface area contributed by atoms with E-state index in [-0.39, 0.29) is 11.9 Å². The fourth-order valence-corrected chi connectivity index (χ4v) is 2.47. The van der Waals surface area contributed by atoms with Crippen molar-refractivity contribution in [1.82, 2.24) is 20.3 Å². The number of carbonyl (C=O) groups excluding carboxylic acids is 1. The summed E-state index contributed by atoms with van der Waals surface area (Å²) < 4.78 is 6.88. The summed E-state index contributed by atoms with van der Waals surface area (Å²) in [6.07, 6.45) is 5.19. The van der Waals surface area contributed by atoms with Crippen LogP contribution in [0.25, 0.3) is 23.5 Å². The fraction of sp³-hybridized carbons (Fsp3) is 0.211. The molecule has 0 aliphatic rings. The number of hydrogen-bond acceptors (Lipinski definition) is 4. The molecule has 6 heteroatoms. The Morgan fingerprint density at radius 3 is 2.72 bits per heavy atom. The molecular weight excluding hydrogens is 316 g/mol. The van der Waals surface area contributed by atoms with Gasteiger partial charge in [-0.05, 0) is 32.9 Å². The summed E-state index contributed by atoms with van der Waals surface area (Å²) in [6.45, 7) is 5.69. The highest BCUT2D eigenvalue weighted by Crippen LogP contribution is 2.26. The van der Waals surface area contributed by atoms with Crippen molar-refractivity contribution in [3.05, 3.63) is 59.6 Å². The molecule has 0 bridgehead atoms. The van der Waals surface area contributed by atoms with Gasteiger partial charge in [-0.15, -0.1) is 0 Å². The zero-order valence-electron chi connectivity index (χ0n) is 14.4. The van der Waals surface area contributed by atoms with Crippen molar-refractivity contribution in [3.63, 3.8) is 0 Å². The molecule has 0 saturated carbocycles. The SMILES string of the molecule is Cc1onc(-c2ccccc2)c1C=Cn1nccc1C(=O)NC(C)C. The number of aromatic nitrogens is 3. The third kappa shape index (κ3) is 3.68. The van der Waals surface area contributed by atoms with Crippen molar-refractivity contribution in [2.24, 2.45) is 0 Å². The molecule has 0 unspecified atom stereocenters. The smallest absolute Gasteiger partial charge is 0.270 e. The minimum Gasteiger partial charge on any atom is -0.360 e. The van der Waals surface area contributed by atoms with Crippen molar-refractivity contribution in [2.45, 2.75) is 26.8 Å². The van der Waals surface area contributed by atoms with Gasteiger partial charge in [0.1, 0.15) is 17.1 Å². The molecule has 25 heavy (non-hydrogen) atoms. The molecule has 2 aromatic heterocycles. The Balaban J connectivity index is 1.91. The van der Waals surface area contributed by atoms with Crippen molar-refractivity contribution in [1.29, 1.82) is 0 Å². The van der Waals surface area contributed by atoms with Crippen LogP contribution in [-0.4, -0.2) is 26.9 Å². The molecule has 128 valence electrons. The number of carbonyl (C=O) groups is 1. The monoisotopic (exact) mass is 336 g/mol. The van der Waals surface area contributed by atoms with Gasteiger partial charge in [0, 0.05) is 23.4 Å². The first-order valence-electron chi connectivity index (χ1n) is 8.10. The molecule has 0 spiro atoms. The zero-order valence-corrected chi connectivity index (χ0v) is 14.4. The van der Waals surface area contributed by atoms with Gasteiger partial charge in [0.25, 0.3) is 5.91 Å². The number of hydrogen-bond donors (Lipinski definition) is 1. The van der Waals surface area contributed by atoms with Crippen molar-refractivity contribution < 1.29 is 9.32 Å². The Morgan fingerprint density at radius 1 is 1.24 bits per heavy atom. The lowest BCUT2D eigenvalue weighted by Gasteiger charge is -2.08. The highest BCUT2D eigenvalue weighted by Gasteiger charge is 2.14. The number of nitrogens with one attached hydrogen (secondary N) is 1. The predicted molar refractivity (Wildman–Crippen MR) is 96.7 cm³/mol. The minimum atomic E-state index is -0.164. The van der Waals surface area contributed by atoms with E-state index in [0.717, 1.165) is 16.8 Å². The summed E-state index contributed by atoms with van der Waals surface area (Å²) >= 11 is 0. The molecule has 0 aliphatic heterocycles. The number of aryl methyl sites for hydroxylation is 1. The molecule has 0 aliphatic carbocycles. The summed E-state index contributed by atoms with van der Waals surface area (Å²) in [4.78, 5) is 12.2. The van der Waals surface area contributed by atoms with Crippen LogP contribution in [0.1, 0.15) is 35.7 Å². The lowest BCUT2D eigenvalue weighted by Crippen LogP contribution is -2.31. The van der Waals surface area contributed by atoms with E-state index in [1.807, 2.05) is 57.2 Å². The van der Waals surface area contributed by atoms with Crippen LogP contribution in [0.3, 0.4) is 0 Å². The Hall–Kier alpha value is -3.15. The van der Waals surface area contributed by atoms with E-state index in [1.54, 1.807) is 23.1 Å². The van der Waals surface area contributed by atoms with E-state index in [1.165, 1.54) is 0 Å². The number of nitrogens with zero attached hydrogens (tertiary/aromatic N) is 3. The first-order chi connectivity index (χ1) is 12.1. The van der Waals surface area contributed by atoms with Crippen LogP contribution in [0.15, 0.2) is 47.1 Å². The Labute approximate surface area is 146 Å². The normalized spacial score (nSPS) is 11.4. The topological polar surface area (TPSA) is 73.0 Å². The fourth-order valence-electron chi connectivity index (χ4n) is 2.47. The second kappa shape index (κ2) is 7.17. The van der Waals surface area contributed by atoms with Crippen LogP contribution in [0.4, 0.5) is 0 Å². The van der Waals surface area contributed by atoms with E-state index in [0.29, 0.717) is 11.5 Å². The van der Waals surface area contributed by atoms with Crippen molar-refractivity contribution >= 4 is 18.2 Å². The Kier molecular flexibility index (Phi) is 4.79. The van der Waals surface area contributed by atoms with Gasteiger partial charge in [-0.25, -0.2) is 4.68 Å². The molecular formula is C19H20N4O2. The van der Waals surface area contributed by atoms with Crippen molar-refractivity contribution in [2.75, 3.05) is 0 Å². The van der Waals surface area contributed by atoms with Gasteiger partial charge < -0.3 is 9.84 Å². The quantitative estimate of drug-likeness (QED) is 0.772. The van der Waals surface area contributed by atoms with Gasteiger partial charge >= 0.3 is 0 Å². The Morgan fingerprint density at radius 2 is 2.00 bits per heavy atom. The van der Waals surface area contributed by atoms with Gasteiger partial charge in [-0.2, -0.15) is 5.10 Å². The van der Waals surface area contributed by atoms with E-state index in [4.69, 9.17) is 4.52 Å². The maximum Gasteiger partial charge on any atom is 0.270 e. The first-order valence-corrected chi connectivity index (χ1v) is 8.10. The van der Waals surface area contributed by atoms with Crippen LogP contribution in [-0.2, 0) is 0 Å². The largest absolute Gasteiger partial charge is 0.360 e. The molecule has 6 nitrogen and oxygen atoms in total. The second-order valence-corrected chi connectivity index (χ2v) is 5.97. The summed E-state index contributed by atoms with van der Waals surface area (Å²) in [5.74, 6) is 0.540. The molecule has 1 amide bonds. The number of amides is 1. The molecule has 0 fully saturated rings. The summed E-state index contributed by atoms with van der Waals surface area (Å²) in [5, 5.41) is 11.2. The van der Waals surface area contributed by atoms with Gasteiger partial charge in [0.05, 0.1) is 6.20 Å². The predicted octanol–water partition coefficient (Wildman–Crippen LogP) is 3.61. The lowest BCUT2D eigenvalue weighted by molar-refractivity contribution is 0.0936. The number of rotatable bonds is 5. The van der Waals surface area contributed by atoms with E-state index in [2.05, 4.69) is 15.6 Å². The minimum absolute atomic E-state index is 0.0600. The third-order valence-corrected chi connectivity index (χ3v) is 3.66. The van der Waals surface area contributed by atoms with E-state index in [9.17, 15) is 4.79 Å². The molecule has 0 atom stereocenters. The van der Waals surface area contributed by atoms with Gasteiger partial charge in [0.2, 0.25) is 0 Å². The maximum absolute atomic E-state index is 12.2. The molecule has 3 rings (SSSR count). The summed E-state index contributed by atoms with van der Waals surface area (Å²) in [5.41, 5.74) is 3.06. The molecule has 1 N–H and O–H groups in total.